The minimum atomic E-state index is -0.573. The number of unbranched alkanes of at least 4 members (excludes halogenated alkanes) is 1. The Morgan fingerprint density at radius 2 is 1.87 bits per heavy atom. The van der Waals surface area contributed by atoms with Crippen LogP contribution in [-0.2, 0) is 11.2 Å². The van der Waals surface area contributed by atoms with Crippen LogP contribution in [0.1, 0.15) is 42.6 Å². The van der Waals surface area contributed by atoms with Gasteiger partial charge in [-0.15, -0.1) is 0 Å². The molecule has 31 heavy (non-hydrogen) atoms. The number of aromatic amines is 1. The van der Waals surface area contributed by atoms with Gasteiger partial charge in [-0.25, -0.2) is 4.79 Å². The van der Waals surface area contributed by atoms with Gasteiger partial charge in [-0.3, -0.25) is 24.7 Å². The zero-order valence-corrected chi connectivity index (χ0v) is 17.1. The maximum Gasteiger partial charge on any atom is 0.328 e. The third kappa shape index (κ3) is 2.90. The van der Waals surface area contributed by atoms with Crippen LogP contribution in [0.3, 0.4) is 0 Å². The Morgan fingerprint density at radius 3 is 2.58 bits per heavy atom. The van der Waals surface area contributed by atoms with E-state index in [-0.39, 0.29) is 17.6 Å². The molecule has 3 amide bonds. The summed E-state index contributed by atoms with van der Waals surface area (Å²) in [5.74, 6) is -0.165. The molecule has 5 rings (SSSR count). The van der Waals surface area contributed by atoms with Gasteiger partial charge in [0.2, 0.25) is 0 Å². The number of aromatic nitrogens is 1. The number of amides is 3. The number of para-hydroxylation sites is 1. The summed E-state index contributed by atoms with van der Waals surface area (Å²) < 4.78 is 0. The number of rotatable bonds is 5. The molecule has 0 aliphatic carbocycles. The van der Waals surface area contributed by atoms with Gasteiger partial charge in [0.1, 0.15) is 12.1 Å². The highest BCUT2D eigenvalue weighted by atomic mass is 16.6. The minimum absolute atomic E-state index is 0.0126. The van der Waals surface area contributed by atoms with Crippen molar-refractivity contribution >= 4 is 28.5 Å². The Kier molecular flexibility index (Phi) is 4.50. The Morgan fingerprint density at radius 1 is 1.13 bits per heavy atom. The van der Waals surface area contributed by atoms with Crippen LogP contribution in [0.5, 0.6) is 0 Å². The van der Waals surface area contributed by atoms with Gasteiger partial charge in [-0.2, -0.15) is 0 Å². The second-order valence-corrected chi connectivity index (χ2v) is 8.07. The summed E-state index contributed by atoms with van der Waals surface area (Å²) in [6, 6.07) is 12.7. The standard InChI is InChI=1S/C23H22N4O4/c1-2-3-12-25-22(28)19-13-17-16-6-4-5-7-18(16)24-20(17)21(26(19)23(25)29)14-8-10-15(11-9-14)27(30)31/h4-11,19,21,24H,2-3,12-13H2,1H3. The van der Waals surface area contributed by atoms with Crippen LogP contribution in [0.2, 0.25) is 0 Å². The zero-order valence-electron chi connectivity index (χ0n) is 17.1. The maximum atomic E-state index is 13.3. The van der Waals surface area contributed by atoms with Crippen molar-refractivity contribution in [3.8, 4) is 0 Å². The SMILES string of the molecule is CCCCN1C(=O)C2Cc3c([nH]c4ccccc34)C(c3ccc([N+](=O)[O-])cc3)N2C1=O. The number of benzene rings is 2. The molecule has 2 aromatic carbocycles. The molecule has 0 radical (unpaired) electrons. The number of hydrogen-bond acceptors (Lipinski definition) is 4. The first-order valence-electron chi connectivity index (χ1n) is 10.5. The summed E-state index contributed by atoms with van der Waals surface area (Å²) in [6.07, 6.45) is 2.10. The summed E-state index contributed by atoms with van der Waals surface area (Å²) in [4.78, 5) is 43.7. The van der Waals surface area contributed by atoms with Crippen molar-refractivity contribution in [3.05, 3.63) is 75.5 Å². The van der Waals surface area contributed by atoms with Crippen LogP contribution in [-0.4, -0.2) is 44.2 Å². The number of imide groups is 1. The number of hydrogen-bond donors (Lipinski definition) is 1. The number of carbonyl (C=O) groups excluding carboxylic acids is 2. The van der Waals surface area contributed by atoms with Crippen LogP contribution in [0, 0.1) is 10.1 Å². The number of nitrogens with one attached hydrogen (secondary N) is 1. The van der Waals surface area contributed by atoms with Gasteiger partial charge >= 0.3 is 6.03 Å². The van der Waals surface area contributed by atoms with E-state index in [1.165, 1.54) is 17.0 Å². The first kappa shape index (κ1) is 19.3. The van der Waals surface area contributed by atoms with Gasteiger partial charge in [0.25, 0.3) is 11.6 Å². The van der Waals surface area contributed by atoms with Gasteiger partial charge in [0.05, 0.1) is 4.92 Å². The smallest absolute Gasteiger partial charge is 0.328 e. The van der Waals surface area contributed by atoms with E-state index in [1.54, 1.807) is 17.0 Å². The van der Waals surface area contributed by atoms with Crippen molar-refractivity contribution in [1.29, 1.82) is 0 Å². The maximum absolute atomic E-state index is 13.3. The topological polar surface area (TPSA) is 99.5 Å². The third-order valence-corrected chi connectivity index (χ3v) is 6.29. The van der Waals surface area contributed by atoms with Crippen LogP contribution in [0.25, 0.3) is 10.9 Å². The summed E-state index contributed by atoms with van der Waals surface area (Å²) in [6.45, 7) is 2.43. The molecule has 0 saturated carbocycles. The molecule has 2 aliphatic rings. The Balaban J connectivity index is 1.66. The number of nitro benzene ring substituents is 1. The third-order valence-electron chi connectivity index (χ3n) is 6.29. The predicted octanol–water partition coefficient (Wildman–Crippen LogP) is 4.15. The molecule has 0 bridgehead atoms. The van der Waals surface area contributed by atoms with Gasteiger partial charge in [0, 0.05) is 41.7 Å². The van der Waals surface area contributed by atoms with Crippen molar-refractivity contribution in [2.24, 2.45) is 0 Å². The van der Waals surface area contributed by atoms with E-state index in [0.29, 0.717) is 13.0 Å². The molecule has 1 aromatic heterocycles. The molecule has 8 heteroatoms. The highest BCUT2D eigenvalue weighted by molar-refractivity contribution is 6.05. The van der Waals surface area contributed by atoms with E-state index in [9.17, 15) is 19.7 Å². The highest BCUT2D eigenvalue weighted by Gasteiger charge is 2.52. The molecule has 3 aromatic rings. The number of fused-ring (bicyclic) bond motifs is 4. The second-order valence-electron chi connectivity index (χ2n) is 8.07. The Labute approximate surface area is 178 Å². The molecule has 2 unspecified atom stereocenters. The van der Waals surface area contributed by atoms with E-state index in [4.69, 9.17) is 0 Å². The molecule has 2 atom stereocenters. The van der Waals surface area contributed by atoms with Crippen molar-refractivity contribution in [2.75, 3.05) is 6.54 Å². The lowest BCUT2D eigenvalue weighted by atomic mass is 9.89. The Bertz CT molecular complexity index is 1200. The van der Waals surface area contributed by atoms with Gasteiger partial charge in [-0.05, 0) is 35.7 Å². The number of non-ortho nitro benzene ring substituents is 1. The van der Waals surface area contributed by atoms with Gasteiger partial charge < -0.3 is 4.98 Å². The summed E-state index contributed by atoms with van der Waals surface area (Å²) in [5, 5.41) is 12.1. The van der Waals surface area contributed by atoms with E-state index in [0.717, 1.165) is 40.6 Å². The molecule has 1 N–H and O–H groups in total. The summed E-state index contributed by atoms with van der Waals surface area (Å²) in [5.41, 5.74) is 3.56. The average Bonchev–Trinajstić information content (AvgIpc) is 3.26. The summed E-state index contributed by atoms with van der Waals surface area (Å²) >= 11 is 0. The van der Waals surface area contributed by atoms with Crippen molar-refractivity contribution in [2.45, 2.75) is 38.3 Å². The van der Waals surface area contributed by atoms with E-state index in [2.05, 4.69) is 4.98 Å². The minimum Gasteiger partial charge on any atom is -0.356 e. The molecular formula is C23H22N4O4. The molecule has 8 nitrogen and oxygen atoms in total. The molecule has 0 spiro atoms. The highest BCUT2D eigenvalue weighted by Crippen LogP contribution is 2.44. The molecule has 1 saturated heterocycles. The Hall–Kier alpha value is -3.68. The number of nitrogens with zero attached hydrogens (tertiary/aromatic N) is 3. The lowest BCUT2D eigenvalue weighted by molar-refractivity contribution is -0.384. The van der Waals surface area contributed by atoms with Crippen LogP contribution in [0.15, 0.2) is 48.5 Å². The monoisotopic (exact) mass is 418 g/mol. The average molecular weight is 418 g/mol. The van der Waals surface area contributed by atoms with Gasteiger partial charge in [-0.1, -0.05) is 31.5 Å². The van der Waals surface area contributed by atoms with E-state index in [1.807, 2.05) is 31.2 Å². The zero-order chi connectivity index (χ0) is 21.7. The first-order valence-corrected chi connectivity index (χ1v) is 10.5. The lowest BCUT2D eigenvalue weighted by Gasteiger charge is -2.36. The molecular weight excluding hydrogens is 396 g/mol. The van der Waals surface area contributed by atoms with Crippen molar-refractivity contribution < 1.29 is 14.5 Å². The predicted molar refractivity (Wildman–Crippen MR) is 115 cm³/mol. The normalized spacial score (nSPS) is 20.3. The number of urea groups is 1. The summed E-state index contributed by atoms with van der Waals surface area (Å²) in [7, 11) is 0. The van der Waals surface area contributed by atoms with Crippen LogP contribution >= 0.6 is 0 Å². The van der Waals surface area contributed by atoms with Crippen LogP contribution in [0.4, 0.5) is 10.5 Å². The second kappa shape index (κ2) is 7.23. The first-order chi connectivity index (χ1) is 15.0. The van der Waals surface area contributed by atoms with Crippen LogP contribution < -0.4 is 0 Å². The van der Waals surface area contributed by atoms with Crippen molar-refractivity contribution in [3.63, 3.8) is 0 Å². The molecule has 158 valence electrons. The van der Waals surface area contributed by atoms with E-state index >= 15 is 0 Å². The molecule has 2 aliphatic heterocycles. The number of H-pyrrole nitrogens is 1. The molecule has 3 heterocycles. The largest absolute Gasteiger partial charge is 0.356 e. The van der Waals surface area contributed by atoms with E-state index < -0.39 is 17.0 Å². The number of carbonyl (C=O) groups is 2. The van der Waals surface area contributed by atoms with Gasteiger partial charge in [0.15, 0.2) is 0 Å². The fourth-order valence-electron chi connectivity index (χ4n) is 4.78. The molecule has 1 fully saturated rings. The fourth-order valence-corrected chi connectivity index (χ4v) is 4.78. The number of nitro groups is 1. The van der Waals surface area contributed by atoms with Crippen molar-refractivity contribution in [1.82, 2.24) is 14.8 Å². The lowest BCUT2D eigenvalue weighted by Crippen LogP contribution is -2.44. The fraction of sp³-hybridized carbons (Fsp3) is 0.304. The quantitative estimate of drug-likeness (QED) is 0.382.